The first-order valence-corrected chi connectivity index (χ1v) is 8.02. The van der Waals surface area contributed by atoms with Crippen molar-refractivity contribution in [3.8, 4) is 0 Å². The number of halogens is 2. The van der Waals surface area contributed by atoms with Crippen LogP contribution >= 0.6 is 0 Å². The van der Waals surface area contributed by atoms with Gasteiger partial charge in [-0.2, -0.15) is 0 Å². The highest BCUT2D eigenvalue weighted by Gasteiger charge is 2.30. The molecule has 0 saturated heterocycles. The molecule has 2 rings (SSSR count). The third-order valence-electron chi connectivity index (χ3n) is 3.05. The summed E-state index contributed by atoms with van der Waals surface area (Å²) in [4.78, 5) is 11.0. The van der Waals surface area contributed by atoms with Crippen LogP contribution in [0.4, 0.5) is 8.78 Å². The third kappa shape index (κ3) is 3.67. The fourth-order valence-electron chi connectivity index (χ4n) is 2.16. The number of amides is 1. The van der Waals surface area contributed by atoms with Crippen molar-refractivity contribution in [1.29, 1.82) is 0 Å². The first-order chi connectivity index (χ1) is 10.3. The van der Waals surface area contributed by atoms with Crippen molar-refractivity contribution >= 4 is 15.7 Å². The smallest absolute Gasteiger partial charge is 0.232 e. The molecular formula is C15H13F2NO3S. The normalized spacial score (nSPS) is 11.6. The average molecular weight is 325 g/mol. The van der Waals surface area contributed by atoms with Gasteiger partial charge in [0.1, 0.15) is 22.6 Å². The summed E-state index contributed by atoms with van der Waals surface area (Å²) in [5.74, 6) is -2.89. The van der Waals surface area contributed by atoms with E-state index in [1.807, 2.05) is 0 Å². The minimum Gasteiger partial charge on any atom is -0.369 e. The molecule has 1 amide bonds. The summed E-state index contributed by atoms with van der Waals surface area (Å²) < 4.78 is 50.9. The second kappa shape index (κ2) is 6.23. The molecule has 0 radical (unpaired) electrons. The van der Waals surface area contributed by atoms with Gasteiger partial charge < -0.3 is 5.73 Å². The average Bonchev–Trinajstić information content (AvgIpc) is 2.42. The van der Waals surface area contributed by atoms with Crippen LogP contribution in [0.1, 0.15) is 16.4 Å². The Morgan fingerprint density at radius 3 is 1.59 bits per heavy atom. The van der Waals surface area contributed by atoms with Gasteiger partial charge in [-0.25, -0.2) is 17.2 Å². The zero-order chi connectivity index (χ0) is 16.3. The highest BCUT2D eigenvalue weighted by Crippen LogP contribution is 2.31. The molecular weight excluding hydrogens is 312 g/mol. The maximum Gasteiger partial charge on any atom is 0.232 e. The highest BCUT2D eigenvalue weighted by molar-refractivity contribution is 7.92. The molecule has 0 aliphatic carbocycles. The summed E-state index contributed by atoms with van der Waals surface area (Å²) in [6.45, 7) is 0. The Bertz CT molecular complexity index is 726. The first-order valence-electron chi connectivity index (χ1n) is 6.30. The SMILES string of the molecule is NC(=O)CS(=O)(=O)C(c1ccc(F)cc1)c1ccc(F)cc1. The number of nitrogens with two attached hydrogens (primary N) is 1. The van der Waals surface area contributed by atoms with Crippen LogP contribution < -0.4 is 5.73 Å². The van der Waals surface area contributed by atoms with E-state index in [4.69, 9.17) is 5.73 Å². The number of benzene rings is 2. The van der Waals surface area contributed by atoms with Crippen LogP contribution in [-0.2, 0) is 14.6 Å². The Labute approximate surface area is 126 Å². The summed E-state index contributed by atoms with van der Waals surface area (Å²) in [6, 6.07) is 9.70. The Kier molecular flexibility index (Phi) is 4.56. The molecule has 0 aliphatic rings. The maximum absolute atomic E-state index is 13.0. The number of carbonyl (C=O) groups is 1. The molecule has 0 fully saturated rings. The lowest BCUT2D eigenvalue weighted by Gasteiger charge is -2.18. The van der Waals surface area contributed by atoms with E-state index >= 15 is 0 Å². The van der Waals surface area contributed by atoms with Crippen LogP contribution in [0.15, 0.2) is 48.5 Å². The summed E-state index contributed by atoms with van der Waals surface area (Å²) in [6.07, 6.45) is 0. The van der Waals surface area contributed by atoms with Crippen LogP contribution in [0.5, 0.6) is 0 Å². The second-order valence-electron chi connectivity index (χ2n) is 4.76. The molecule has 22 heavy (non-hydrogen) atoms. The van der Waals surface area contributed by atoms with Crippen molar-refractivity contribution in [2.75, 3.05) is 5.75 Å². The van der Waals surface area contributed by atoms with Crippen molar-refractivity contribution in [2.45, 2.75) is 5.25 Å². The monoisotopic (exact) mass is 325 g/mol. The lowest BCUT2D eigenvalue weighted by Crippen LogP contribution is -2.27. The van der Waals surface area contributed by atoms with Gasteiger partial charge in [-0.05, 0) is 35.4 Å². The number of rotatable bonds is 5. The molecule has 4 nitrogen and oxygen atoms in total. The van der Waals surface area contributed by atoms with Crippen molar-refractivity contribution in [1.82, 2.24) is 0 Å². The Morgan fingerprint density at radius 1 is 0.909 bits per heavy atom. The molecule has 2 aromatic rings. The van der Waals surface area contributed by atoms with Gasteiger partial charge in [-0.1, -0.05) is 24.3 Å². The minimum atomic E-state index is -3.97. The second-order valence-corrected chi connectivity index (χ2v) is 6.84. The highest BCUT2D eigenvalue weighted by atomic mass is 32.2. The van der Waals surface area contributed by atoms with Crippen molar-refractivity contribution in [3.05, 3.63) is 71.3 Å². The van der Waals surface area contributed by atoms with Gasteiger partial charge in [-0.15, -0.1) is 0 Å². The lowest BCUT2D eigenvalue weighted by atomic mass is 10.0. The van der Waals surface area contributed by atoms with E-state index in [1.165, 1.54) is 24.3 Å². The molecule has 0 atom stereocenters. The van der Waals surface area contributed by atoms with Gasteiger partial charge in [-0.3, -0.25) is 4.79 Å². The molecule has 0 bridgehead atoms. The van der Waals surface area contributed by atoms with E-state index in [1.54, 1.807) is 0 Å². The largest absolute Gasteiger partial charge is 0.369 e. The predicted octanol–water partition coefficient (Wildman–Crippen LogP) is 1.95. The quantitative estimate of drug-likeness (QED) is 0.913. The van der Waals surface area contributed by atoms with Crippen molar-refractivity contribution < 1.29 is 22.0 Å². The fraction of sp³-hybridized carbons (Fsp3) is 0.133. The molecule has 7 heteroatoms. The molecule has 0 aliphatic heterocycles. The maximum atomic E-state index is 13.0. The third-order valence-corrected chi connectivity index (χ3v) is 5.00. The van der Waals surface area contributed by atoms with Gasteiger partial charge in [0.25, 0.3) is 0 Å². The summed E-state index contributed by atoms with van der Waals surface area (Å²) in [5.41, 5.74) is 5.53. The van der Waals surface area contributed by atoms with Crippen molar-refractivity contribution in [3.63, 3.8) is 0 Å². The van der Waals surface area contributed by atoms with Gasteiger partial charge in [0, 0.05) is 0 Å². The Balaban J connectivity index is 2.56. The van der Waals surface area contributed by atoms with Crippen LogP contribution in [0.2, 0.25) is 0 Å². The van der Waals surface area contributed by atoms with Gasteiger partial charge >= 0.3 is 0 Å². The van der Waals surface area contributed by atoms with Gasteiger partial charge in [0.15, 0.2) is 9.84 Å². The van der Waals surface area contributed by atoms with E-state index in [2.05, 4.69) is 0 Å². The molecule has 2 aromatic carbocycles. The summed E-state index contributed by atoms with van der Waals surface area (Å²) in [5, 5.41) is -1.22. The number of hydrogen-bond donors (Lipinski definition) is 1. The van der Waals surface area contributed by atoms with E-state index in [9.17, 15) is 22.0 Å². The van der Waals surface area contributed by atoms with E-state index < -0.39 is 38.4 Å². The van der Waals surface area contributed by atoms with Crippen LogP contribution in [-0.4, -0.2) is 20.1 Å². The fourth-order valence-corrected chi connectivity index (χ4v) is 3.87. The van der Waals surface area contributed by atoms with E-state index in [0.29, 0.717) is 0 Å². The molecule has 0 unspecified atom stereocenters. The lowest BCUT2D eigenvalue weighted by molar-refractivity contribution is -0.115. The molecule has 0 aromatic heterocycles. The number of carbonyl (C=O) groups excluding carboxylic acids is 1. The van der Waals surface area contributed by atoms with Crippen molar-refractivity contribution in [2.24, 2.45) is 5.73 Å². The molecule has 0 saturated carbocycles. The zero-order valence-electron chi connectivity index (χ0n) is 11.4. The predicted molar refractivity (Wildman–Crippen MR) is 77.6 cm³/mol. The molecule has 0 heterocycles. The van der Waals surface area contributed by atoms with E-state index in [0.717, 1.165) is 24.3 Å². The Morgan fingerprint density at radius 2 is 1.27 bits per heavy atom. The standard InChI is InChI=1S/C15H13F2NO3S/c16-12-5-1-10(2-6-12)15(22(20,21)9-14(18)19)11-3-7-13(17)8-4-11/h1-8,15H,9H2,(H2,18,19). The Hall–Kier alpha value is -2.28. The number of hydrogen-bond acceptors (Lipinski definition) is 3. The first kappa shape index (κ1) is 16.1. The topological polar surface area (TPSA) is 77.2 Å². The number of sulfone groups is 1. The summed E-state index contributed by atoms with van der Waals surface area (Å²) >= 11 is 0. The molecule has 116 valence electrons. The minimum absolute atomic E-state index is 0.272. The molecule has 2 N–H and O–H groups in total. The van der Waals surface area contributed by atoms with Crippen LogP contribution in [0, 0.1) is 11.6 Å². The zero-order valence-corrected chi connectivity index (χ0v) is 12.2. The van der Waals surface area contributed by atoms with E-state index in [-0.39, 0.29) is 11.1 Å². The van der Waals surface area contributed by atoms with Crippen LogP contribution in [0.25, 0.3) is 0 Å². The van der Waals surface area contributed by atoms with Crippen LogP contribution in [0.3, 0.4) is 0 Å². The number of primary amides is 1. The van der Waals surface area contributed by atoms with Gasteiger partial charge in [0.2, 0.25) is 5.91 Å². The van der Waals surface area contributed by atoms with Gasteiger partial charge in [0.05, 0.1) is 0 Å². The summed E-state index contributed by atoms with van der Waals surface area (Å²) in [7, 11) is -3.97. The molecule has 0 spiro atoms.